The second-order valence-corrected chi connectivity index (χ2v) is 5.57. The number of benzene rings is 1. The van der Waals surface area contributed by atoms with E-state index in [0.29, 0.717) is 12.1 Å². The van der Waals surface area contributed by atoms with E-state index in [0.717, 1.165) is 26.1 Å². The van der Waals surface area contributed by atoms with Crippen LogP contribution in [0.15, 0.2) is 24.3 Å². The molecule has 0 aliphatic carbocycles. The first kappa shape index (κ1) is 14.5. The van der Waals surface area contributed by atoms with Crippen molar-refractivity contribution in [2.45, 2.75) is 45.4 Å². The molecule has 3 nitrogen and oxygen atoms in total. The van der Waals surface area contributed by atoms with Gasteiger partial charge in [0.25, 0.3) is 0 Å². The van der Waals surface area contributed by atoms with Crippen LogP contribution in [-0.4, -0.2) is 36.7 Å². The van der Waals surface area contributed by atoms with Crippen LogP contribution in [0.2, 0.25) is 0 Å². The highest BCUT2D eigenvalue weighted by Gasteiger charge is 2.27. The Morgan fingerprint density at radius 1 is 1.37 bits per heavy atom. The molecule has 19 heavy (non-hydrogen) atoms. The maximum Gasteiger partial charge on any atom is 0.0700 e. The summed E-state index contributed by atoms with van der Waals surface area (Å²) in [5.74, 6) is 0. The molecule has 0 saturated carbocycles. The third-order valence-corrected chi connectivity index (χ3v) is 4.18. The Kier molecular flexibility index (Phi) is 4.97. The number of aryl methyl sites for hydroxylation is 1. The van der Waals surface area contributed by atoms with Crippen LogP contribution in [0, 0.1) is 6.92 Å². The third kappa shape index (κ3) is 3.56. The summed E-state index contributed by atoms with van der Waals surface area (Å²) in [5, 5.41) is 0. The van der Waals surface area contributed by atoms with Gasteiger partial charge in [-0.25, -0.2) is 0 Å². The van der Waals surface area contributed by atoms with Gasteiger partial charge in [-0.15, -0.1) is 0 Å². The predicted octanol–water partition coefficient (Wildman–Crippen LogP) is 2.49. The van der Waals surface area contributed by atoms with Crippen molar-refractivity contribution in [2.24, 2.45) is 5.73 Å². The van der Waals surface area contributed by atoms with E-state index in [1.165, 1.54) is 11.1 Å². The summed E-state index contributed by atoms with van der Waals surface area (Å²) in [4.78, 5) is 2.46. The minimum Gasteiger partial charge on any atom is -0.376 e. The topological polar surface area (TPSA) is 38.5 Å². The predicted molar refractivity (Wildman–Crippen MR) is 79.2 cm³/mol. The molecule has 0 aromatic heterocycles. The van der Waals surface area contributed by atoms with Crippen LogP contribution in [0.1, 0.15) is 37.4 Å². The smallest absolute Gasteiger partial charge is 0.0700 e. The van der Waals surface area contributed by atoms with Crippen molar-refractivity contribution in [3.63, 3.8) is 0 Å². The van der Waals surface area contributed by atoms with Crippen molar-refractivity contribution in [2.75, 3.05) is 19.7 Å². The van der Waals surface area contributed by atoms with Crippen LogP contribution < -0.4 is 5.73 Å². The fourth-order valence-electron chi connectivity index (χ4n) is 2.65. The summed E-state index contributed by atoms with van der Waals surface area (Å²) >= 11 is 0. The van der Waals surface area contributed by atoms with Crippen molar-refractivity contribution in [3.8, 4) is 0 Å². The lowest BCUT2D eigenvalue weighted by Crippen LogP contribution is -2.49. The molecule has 0 spiro atoms. The highest BCUT2D eigenvalue weighted by Crippen LogP contribution is 2.21. The number of morpholine rings is 1. The SMILES string of the molecule is CCC1CN(C(C)C(N)c2ccc(C)cc2)CCO1. The lowest BCUT2D eigenvalue weighted by molar-refractivity contribution is -0.0452. The van der Waals surface area contributed by atoms with Crippen LogP contribution in [0.5, 0.6) is 0 Å². The van der Waals surface area contributed by atoms with Gasteiger partial charge in [0.2, 0.25) is 0 Å². The fourth-order valence-corrected chi connectivity index (χ4v) is 2.65. The lowest BCUT2D eigenvalue weighted by atomic mass is 9.98. The van der Waals surface area contributed by atoms with Crippen molar-refractivity contribution < 1.29 is 4.74 Å². The van der Waals surface area contributed by atoms with Gasteiger partial charge in [-0.05, 0) is 25.8 Å². The third-order valence-electron chi connectivity index (χ3n) is 4.18. The molecule has 0 radical (unpaired) electrons. The zero-order valence-electron chi connectivity index (χ0n) is 12.3. The van der Waals surface area contributed by atoms with Gasteiger partial charge in [-0.2, -0.15) is 0 Å². The summed E-state index contributed by atoms with van der Waals surface area (Å²) in [6.45, 7) is 9.31. The first-order valence-corrected chi connectivity index (χ1v) is 7.29. The second-order valence-electron chi connectivity index (χ2n) is 5.57. The minimum atomic E-state index is 0.0659. The zero-order chi connectivity index (χ0) is 13.8. The van der Waals surface area contributed by atoms with Crippen molar-refractivity contribution in [3.05, 3.63) is 35.4 Å². The van der Waals surface area contributed by atoms with Crippen molar-refractivity contribution >= 4 is 0 Å². The minimum absolute atomic E-state index is 0.0659. The molecule has 106 valence electrons. The molecule has 2 N–H and O–H groups in total. The zero-order valence-corrected chi connectivity index (χ0v) is 12.3. The summed E-state index contributed by atoms with van der Waals surface area (Å²) in [6, 6.07) is 8.98. The number of rotatable bonds is 4. The first-order chi connectivity index (χ1) is 9.11. The summed E-state index contributed by atoms with van der Waals surface area (Å²) in [6.07, 6.45) is 1.43. The average molecular weight is 262 g/mol. The molecule has 0 amide bonds. The van der Waals surface area contributed by atoms with Crippen LogP contribution in [0.25, 0.3) is 0 Å². The summed E-state index contributed by atoms with van der Waals surface area (Å²) in [7, 11) is 0. The number of nitrogens with zero attached hydrogens (tertiary/aromatic N) is 1. The molecule has 1 fully saturated rings. The van der Waals surface area contributed by atoms with Gasteiger partial charge in [0.15, 0.2) is 0 Å². The maximum atomic E-state index is 6.42. The molecular weight excluding hydrogens is 236 g/mol. The first-order valence-electron chi connectivity index (χ1n) is 7.29. The van der Waals surface area contributed by atoms with Gasteiger partial charge in [0.05, 0.1) is 12.7 Å². The van der Waals surface area contributed by atoms with E-state index in [2.05, 4.69) is 49.9 Å². The molecule has 1 aliphatic rings. The standard InChI is InChI=1S/C16H26N2O/c1-4-15-11-18(9-10-19-15)13(3)16(17)14-7-5-12(2)6-8-14/h5-8,13,15-16H,4,9-11,17H2,1-3H3. The molecule has 3 atom stereocenters. The van der Waals surface area contributed by atoms with Gasteiger partial charge in [-0.1, -0.05) is 36.8 Å². The Bertz CT molecular complexity index is 390. The Balaban J connectivity index is 2.01. The van der Waals surface area contributed by atoms with Gasteiger partial charge in [0, 0.05) is 25.2 Å². The monoisotopic (exact) mass is 262 g/mol. The summed E-state index contributed by atoms with van der Waals surface area (Å²) in [5.41, 5.74) is 8.92. The Hall–Kier alpha value is -0.900. The van der Waals surface area contributed by atoms with Gasteiger partial charge < -0.3 is 10.5 Å². The molecule has 3 unspecified atom stereocenters. The molecule has 2 rings (SSSR count). The fraction of sp³-hybridized carbons (Fsp3) is 0.625. The van der Waals surface area contributed by atoms with Crippen LogP contribution >= 0.6 is 0 Å². The van der Waals surface area contributed by atoms with Gasteiger partial charge in [-0.3, -0.25) is 4.90 Å². The Morgan fingerprint density at radius 3 is 2.68 bits per heavy atom. The largest absolute Gasteiger partial charge is 0.376 e. The normalized spacial score (nSPS) is 24.1. The van der Waals surface area contributed by atoms with Crippen molar-refractivity contribution in [1.82, 2.24) is 4.90 Å². The van der Waals surface area contributed by atoms with Crippen molar-refractivity contribution in [1.29, 1.82) is 0 Å². The molecule has 0 bridgehead atoms. The highest BCUT2D eigenvalue weighted by molar-refractivity contribution is 5.24. The van der Waals surface area contributed by atoms with E-state index >= 15 is 0 Å². The van der Waals surface area contributed by atoms with E-state index in [9.17, 15) is 0 Å². The second kappa shape index (κ2) is 6.51. The average Bonchev–Trinajstić information content (AvgIpc) is 2.46. The van der Waals surface area contributed by atoms with Crippen LogP contribution in [-0.2, 0) is 4.74 Å². The summed E-state index contributed by atoms with van der Waals surface area (Å²) < 4.78 is 5.73. The lowest BCUT2D eigenvalue weighted by Gasteiger charge is -2.39. The Morgan fingerprint density at radius 2 is 2.05 bits per heavy atom. The number of hydrogen-bond donors (Lipinski definition) is 1. The van der Waals surface area contributed by atoms with Crippen LogP contribution in [0.4, 0.5) is 0 Å². The molecule has 1 aromatic carbocycles. The van der Waals surface area contributed by atoms with E-state index in [1.807, 2.05) is 0 Å². The molecular formula is C16H26N2O. The maximum absolute atomic E-state index is 6.42. The molecule has 3 heteroatoms. The number of ether oxygens (including phenoxy) is 1. The van der Waals surface area contributed by atoms with E-state index in [4.69, 9.17) is 10.5 Å². The van der Waals surface area contributed by atoms with Gasteiger partial charge in [0.1, 0.15) is 0 Å². The number of nitrogens with two attached hydrogens (primary N) is 1. The Labute approximate surface area is 116 Å². The number of hydrogen-bond acceptors (Lipinski definition) is 3. The molecule has 1 heterocycles. The van der Waals surface area contributed by atoms with E-state index < -0.39 is 0 Å². The highest BCUT2D eigenvalue weighted by atomic mass is 16.5. The molecule has 1 aromatic rings. The van der Waals surface area contributed by atoms with Gasteiger partial charge >= 0.3 is 0 Å². The van der Waals surface area contributed by atoms with Crippen LogP contribution in [0.3, 0.4) is 0 Å². The van der Waals surface area contributed by atoms with E-state index in [1.54, 1.807) is 0 Å². The molecule has 1 saturated heterocycles. The molecule has 1 aliphatic heterocycles. The quantitative estimate of drug-likeness (QED) is 0.906. The van der Waals surface area contributed by atoms with E-state index in [-0.39, 0.29) is 6.04 Å².